The minimum atomic E-state index is -4.18. The molecule has 2 saturated carbocycles. The molecule has 0 aromatic heterocycles. The number of unbranched alkanes of at least 4 members (excludes halogenated alkanes) is 1. The number of nitriles is 1. The van der Waals surface area contributed by atoms with Gasteiger partial charge in [-0.1, -0.05) is 87.6 Å². The van der Waals surface area contributed by atoms with Crippen LogP contribution in [0.25, 0.3) is 0 Å². The summed E-state index contributed by atoms with van der Waals surface area (Å²) < 4.78 is 42.9. The van der Waals surface area contributed by atoms with Gasteiger partial charge in [0.2, 0.25) is 0 Å². The van der Waals surface area contributed by atoms with E-state index < -0.39 is 18.2 Å². The molecule has 2 fully saturated rings. The number of alkyl halides is 3. The summed E-state index contributed by atoms with van der Waals surface area (Å²) in [6, 6.07) is -0.0956. The van der Waals surface area contributed by atoms with E-state index in [9.17, 15) is 18.3 Å². The first-order valence-corrected chi connectivity index (χ1v) is 20.9. The third-order valence-corrected chi connectivity index (χ3v) is 13.1. The van der Waals surface area contributed by atoms with Gasteiger partial charge >= 0.3 is 6.18 Å². The lowest BCUT2D eigenvalue weighted by molar-refractivity contribution is -0.200. The van der Waals surface area contributed by atoms with Gasteiger partial charge < -0.3 is 16.2 Å². The zero-order valence-corrected chi connectivity index (χ0v) is 32.8. The molecule has 0 amide bonds. The molecule has 0 aromatic rings. The average molecular weight is 728 g/mol. The van der Waals surface area contributed by atoms with Crippen LogP contribution >= 0.6 is 0 Å². The van der Waals surface area contributed by atoms with Gasteiger partial charge in [0.15, 0.2) is 6.19 Å². The Morgan fingerprint density at radius 2 is 1.79 bits per heavy atom. The fourth-order valence-corrected chi connectivity index (χ4v) is 9.88. The Balaban J connectivity index is 1.63. The van der Waals surface area contributed by atoms with Crippen molar-refractivity contribution in [1.29, 1.82) is 5.26 Å². The van der Waals surface area contributed by atoms with E-state index in [4.69, 9.17) is 11.0 Å². The molecule has 0 saturated heterocycles. The highest BCUT2D eigenvalue weighted by Crippen LogP contribution is 2.47. The predicted octanol–water partition coefficient (Wildman–Crippen LogP) is 11.8. The van der Waals surface area contributed by atoms with E-state index in [1.807, 2.05) is 24.3 Å². The summed E-state index contributed by atoms with van der Waals surface area (Å²) in [4.78, 5) is 0. The van der Waals surface area contributed by atoms with Gasteiger partial charge in [0.25, 0.3) is 0 Å². The van der Waals surface area contributed by atoms with Crippen molar-refractivity contribution < 1.29 is 18.3 Å². The molecule has 3 aliphatic rings. The molecule has 0 aliphatic heterocycles. The number of allylic oxidation sites excluding steroid dienone is 6. The number of nitrogens with zero attached hydrogens (tertiary/aromatic N) is 1. The highest BCUT2D eigenvalue weighted by Gasteiger charge is 2.47. The Hall–Kier alpha value is -2.30. The van der Waals surface area contributed by atoms with E-state index in [0.29, 0.717) is 49.5 Å². The summed E-state index contributed by atoms with van der Waals surface area (Å²) in [5.74, 6) is 0.321. The molecular weight excluding hydrogens is 656 g/mol. The molecule has 11 unspecified atom stereocenters. The van der Waals surface area contributed by atoms with Gasteiger partial charge in [-0.15, -0.1) is 13.2 Å². The quantitative estimate of drug-likeness (QED) is 0.0662. The first-order valence-electron chi connectivity index (χ1n) is 20.9. The normalized spacial score (nSPS) is 30.8. The Bertz CT molecular complexity index is 1200. The maximum atomic E-state index is 14.3. The van der Waals surface area contributed by atoms with Gasteiger partial charge in [-0.25, -0.2) is 0 Å². The van der Waals surface area contributed by atoms with Gasteiger partial charge in [-0.05, 0) is 144 Å². The van der Waals surface area contributed by atoms with Crippen molar-refractivity contribution in [2.24, 2.45) is 59.0 Å². The number of aliphatic hydroxyl groups is 1. The second-order valence-corrected chi connectivity index (χ2v) is 16.7. The van der Waals surface area contributed by atoms with E-state index in [1.165, 1.54) is 11.1 Å². The number of nitrogens with one attached hydrogen (secondary N) is 1. The summed E-state index contributed by atoms with van der Waals surface area (Å²) in [7, 11) is 0. The standard InChI is InChI=1S/C45H72F3N3O/c1-6-10-15-33(12-7-2)19-22-37-23-20-34(28-42(37)45(46,47)48)16-11-17-43(52)38-21-18-32(5)41(29-38)44(50)40-27-26-35(24-25-36(40)13-8-3)39(14-9-4)30-51-31-49/h8-9,11,17,19,27,32,34-39,41-44,51-52H,3-4,6-7,10,12-16,18,20-26,28-30,50H2,1-2,5H3. The summed E-state index contributed by atoms with van der Waals surface area (Å²) in [5, 5.41) is 23.4. The van der Waals surface area contributed by atoms with Crippen LogP contribution in [0.5, 0.6) is 0 Å². The predicted molar refractivity (Wildman–Crippen MR) is 211 cm³/mol. The Morgan fingerprint density at radius 3 is 2.46 bits per heavy atom. The third-order valence-electron chi connectivity index (χ3n) is 13.1. The maximum absolute atomic E-state index is 14.3. The summed E-state index contributed by atoms with van der Waals surface area (Å²) in [5.41, 5.74) is 9.84. The minimum Gasteiger partial charge on any atom is -0.389 e. The lowest BCUT2D eigenvalue weighted by atomic mass is 9.67. The van der Waals surface area contributed by atoms with E-state index in [0.717, 1.165) is 89.9 Å². The van der Waals surface area contributed by atoms with Gasteiger partial charge in [0.05, 0.1) is 12.0 Å². The molecule has 11 atom stereocenters. The molecule has 3 aliphatic carbocycles. The summed E-state index contributed by atoms with van der Waals surface area (Å²) in [6.07, 6.45) is 25.1. The van der Waals surface area contributed by atoms with Crippen LogP contribution in [0.2, 0.25) is 0 Å². The topological polar surface area (TPSA) is 82.1 Å². The average Bonchev–Trinajstić information content (AvgIpc) is 3.33. The SMILES string of the molecule is C=CCC1CCC(C(CC=C)CNC#N)CC=C1C(N)C1CC(C(O)C=CCC2CCC(CC=C(CCC)CCCC)C(C(F)(F)F)C2)CCC1C. The van der Waals surface area contributed by atoms with Crippen LogP contribution in [-0.4, -0.2) is 30.0 Å². The van der Waals surface area contributed by atoms with Crippen molar-refractivity contribution in [3.63, 3.8) is 0 Å². The summed E-state index contributed by atoms with van der Waals surface area (Å²) >= 11 is 0. The zero-order chi connectivity index (χ0) is 38.1. The van der Waals surface area contributed by atoms with Crippen LogP contribution in [0.3, 0.4) is 0 Å². The van der Waals surface area contributed by atoms with Crippen LogP contribution in [0.4, 0.5) is 13.2 Å². The molecule has 0 radical (unpaired) electrons. The van der Waals surface area contributed by atoms with Crippen molar-refractivity contribution in [1.82, 2.24) is 5.32 Å². The number of aliphatic hydroxyl groups excluding tert-OH is 1. The third kappa shape index (κ3) is 13.5. The van der Waals surface area contributed by atoms with E-state index >= 15 is 0 Å². The minimum absolute atomic E-state index is 0.00684. The van der Waals surface area contributed by atoms with Crippen molar-refractivity contribution in [2.45, 2.75) is 155 Å². The fourth-order valence-electron chi connectivity index (χ4n) is 9.88. The zero-order valence-electron chi connectivity index (χ0n) is 32.8. The van der Waals surface area contributed by atoms with E-state index in [1.54, 1.807) is 0 Å². The van der Waals surface area contributed by atoms with Gasteiger partial charge in [-0.2, -0.15) is 18.4 Å². The molecular formula is C45H72F3N3O. The van der Waals surface area contributed by atoms with Crippen molar-refractivity contribution in [2.75, 3.05) is 6.54 Å². The smallest absolute Gasteiger partial charge is 0.389 e. The van der Waals surface area contributed by atoms with Crippen LogP contribution in [0, 0.1) is 64.7 Å². The van der Waals surface area contributed by atoms with Gasteiger partial charge in [0, 0.05) is 12.6 Å². The number of halogens is 3. The second kappa shape index (κ2) is 22.8. The monoisotopic (exact) mass is 728 g/mol. The van der Waals surface area contributed by atoms with Crippen molar-refractivity contribution >= 4 is 0 Å². The fraction of sp³-hybridized carbons (Fsp3) is 0.756. The van der Waals surface area contributed by atoms with Crippen LogP contribution in [-0.2, 0) is 0 Å². The Labute approximate surface area is 315 Å². The molecule has 0 aromatic carbocycles. The summed E-state index contributed by atoms with van der Waals surface area (Å²) in [6.45, 7) is 15.3. The molecule has 3 rings (SSSR count). The Kier molecular flexibility index (Phi) is 19.3. The first kappa shape index (κ1) is 44.1. The second-order valence-electron chi connectivity index (χ2n) is 16.7. The maximum Gasteiger partial charge on any atom is 0.392 e. The number of rotatable bonds is 20. The lowest BCUT2D eigenvalue weighted by Crippen LogP contribution is -2.42. The lowest BCUT2D eigenvalue weighted by Gasteiger charge is -2.41. The van der Waals surface area contributed by atoms with Crippen LogP contribution in [0.1, 0.15) is 136 Å². The van der Waals surface area contributed by atoms with E-state index in [-0.39, 0.29) is 36.1 Å². The molecule has 52 heavy (non-hydrogen) atoms. The molecule has 4 N–H and O–H groups in total. The molecule has 4 nitrogen and oxygen atoms in total. The highest BCUT2D eigenvalue weighted by atomic mass is 19.4. The van der Waals surface area contributed by atoms with Crippen LogP contribution < -0.4 is 11.1 Å². The number of hydrogen-bond acceptors (Lipinski definition) is 4. The molecule has 7 heteroatoms. The largest absolute Gasteiger partial charge is 0.392 e. The van der Waals surface area contributed by atoms with Crippen LogP contribution in [0.15, 0.2) is 60.8 Å². The number of hydrogen-bond donors (Lipinski definition) is 3. The van der Waals surface area contributed by atoms with Gasteiger partial charge in [-0.3, -0.25) is 0 Å². The Morgan fingerprint density at radius 1 is 1.02 bits per heavy atom. The molecule has 0 spiro atoms. The number of nitrogens with two attached hydrogens (primary N) is 1. The van der Waals surface area contributed by atoms with E-state index in [2.05, 4.69) is 57.6 Å². The molecule has 0 bridgehead atoms. The van der Waals surface area contributed by atoms with Gasteiger partial charge in [0.1, 0.15) is 0 Å². The molecule has 0 heterocycles. The van der Waals surface area contributed by atoms with Crippen molar-refractivity contribution in [3.05, 3.63) is 60.8 Å². The first-order chi connectivity index (χ1) is 25.0. The highest BCUT2D eigenvalue weighted by molar-refractivity contribution is 5.20. The van der Waals surface area contributed by atoms with Crippen molar-refractivity contribution in [3.8, 4) is 6.19 Å². The molecule has 294 valence electrons.